The second-order valence-electron chi connectivity index (χ2n) is 2.66. The lowest BCUT2D eigenvalue weighted by Gasteiger charge is -1.95. The highest BCUT2D eigenvalue weighted by Crippen LogP contribution is 2.39. The summed E-state index contributed by atoms with van der Waals surface area (Å²) < 4.78 is 12.0. The summed E-state index contributed by atoms with van der Waals surface area (Å²) in [4.78, 5) is 0. The van der Waals surface area contributed by atoms with Crippen molar-refractivity contribution in [2.75, 3.05) is 0 Å². The van der Waals surface area contributed by atoms with Gasteiger partial charge in [-0.05, 0) is 18.3 Å². The largest absolute Gasteiger partial charge is 0.247 e. The molecule has 2 atom stereocenters. The average Bonchev–Trinajstić information content (AvgIpc) is 2.17. The van der Waals surface area contributed by atoms with Crippen LogP contribution in [0.2, 0.25) is 0 Å². The Bertz CT molecular complexity index is 68.6. The van der Waals surface area contributed by atoms with Gasteiger partial charge in [-0.2, -0.15) is 0 Å². The molecule has 0 nitrogen and oxygen atoms in total. The monoisotopic (exact) mass is 102 g/mol. The first-order chi connectivity index (χ1) is 3.22. The van der Waals surface area contributed by atoms with Gasteiger partial charge in [0.05, 0.1) is 0 Å². The van der Waals surface area contributed by atoms with E-state index in [1.807, 2.05) is 0 Å². The maximum Gasteiger partial charge on any atom is 0.104 e. The molecule has 0 aromatic rings. The normalized spacial score (nSPS) is 39.4. The first-order valence-electron chi connectivity index (χ1n) is 2.86. The molecule has 0 heterocycles. The molecule has 0 saturated heterocycles. The number of alkyl halides is 1. The molecule has 7 heavy (non-hydrogen) atoms. The molecule has 0 unspecified atom stereocenters. The molecule has 0 aliphatic heterocycles. The summed E-state index contributed by atoms with van der Waals surface area (Å²) in [5.41, 5.74) is 0. The predicted molar refractivity (Wildman–Crippen MR) is 27.8 cm³/mol. The van der Waals surface area contributed by atoms with Gasteiger partial charge >= 0.3 is 0 Å². The lowest BCUT2D eigenvalue weighted by Crippen LogP contribution is -1.90. The van der Waals surface area contributed by atoms with Crippen LogP contribution in [0.5, 0.6) is 0 Å². The molecule has 1 fully saturated rings. The van der Waals surface area contributed by atoms with Crippen LogP contribution in [0.15, 0.2) is 0 Å². The van der Waals surface area contributed by atoms with Gasteiger partial charge in [0.1, 0.15) is 6.17 Å². The van der Waals surface area contributed by atoms with Gasteiger partial charge in [0.15, 0.2) is 0 Å². The van der Waals surface area contributed by atoms with Crippen molar-refractivity contribution < 1.29 is 4.39 Å². The maximum atomic E-state index is 12.0. The van der Waals surface area contributed by atoms with Gasteiger partial charge in [0.25, 0.3) is 0 Å². The summed E-state index contributed by atoms with van der Waals surface area (Å²) in [6, 6.07) is 0. The lowest BCUT2D eigenvalue weighted by atomic mass is 10.1. The first-order valence-corrected chi connectivity index (χ1v) is 2.86. The Morgan fingerprint density at radius 2 is 2.00 bits per heavy atom. The minimum atomic E-state index is -0.458. The maximum absolute atomic E-state index is 12.0. The Kier molecular flexibility index (Phi) is 1.06. The summed E-state index contributed by atoms with van der Waals surface area (Å²) in [6.07, 6.45) is 0.359. The molecule has 0 radical (unpaired) electrons. The quantitative estimate of drug-likeness (QED) is 0.475. The third-order valence-electron chi connectivity index (χ3n) is 1.62. The SMILES string of the molecule is CC(C)[C@H]1C[C@@H]1F. The number of hydrogen-bond donors (Lipinski definition) is 0. The molecule has 1 aliphatic carbocycles. The molecule has 1 rings (SSSR count). The third-order valence-corrected chi connectivity index (χ3v) is 1.62. The highest BCUT2D eigenvalue weighted by atomic mass is 19.1. The van der Waals surface area contributed by atoms with Crippen molar-refractivity contribution in [3.63, 3.8) is 0 Å². The molecule has 42 valence electrons. The van der Waals surface area contributed by atoms with Crippen molar-refractivity contribution in [2.45, 2.75) is 26.4 Å². The van der Waals surface area contributed by atoms with Crippen molar-refractivity contribution >= 4 is 0 Å². The molecule has 0 bridgehead atoms. The molecule has 0 aromatic carbocycles. The molecule has 0 aromatic heterocycles. The third kappa shape index (κ3) is 0.929. The van der Waals surface area contributed by atoms with E-state index in [0.717, 1.165) is 6.42 Å². The van der Waals surface area contributed by atoms with Crippen molar-refractivity contribution in [1.29, 1.82) is 0 Å². The molecule has 1 saturated carbocycles. The van der Waals surface area contributed by atoms with Gasteiger partial charge in [0, 0.05) is 0 Å². The Hall–Kier alpha value is -0.0700. The van der Waals surface area contributed by atoms with Crippen molar-refractivity contribution in [3.8, 4) is 0 Å². The van der Waals surface area contributed by atoms with Gasteiger partial charge < -0.3 is 0 Å². The standard InChI is InChI=1S/C6H11F/c1-4(2)5-3-6(5)7/h4-6H,3H2,1-2H3/t5-,6+/m1/s1. The molecular weight excluding hydrogens is 91.1 g/mol. The lowest BCUT2D eigenvalue weighted by molar-refractivity contribution is 0.403. The van der Waals surface area contributed by atoms with E-state index < -0.39 is 6.17 Å². The fraction of sp³-hybridized carbons (Fsp3) is 1.00. The van der Waals surface area contributed by atoms with E-state index in [1.165, 1.54) is 0 Å². The van der Waals surface area contributed by atoms with Crippen LogP contribution >= 0.6 is 0 Å². The smallest absolute Gasteiger partial charge is 0.104 e. The van der Waals surface area contributed by atoms with E-state index in [9.17, 15) is 4.39 Å². The summed E-state index contributed by atoms with van der Waals surface area (Å²) in [6.45, 7) is 4.15. The fourth-order valence-corrected chi connectivity index (χ4v) is 0.871. The summed E-state index contributed by atoms with van der Waals surface area (Å²) >= 11 is 0. The predicted octanol–water partition coefficient (Wildman–Crippen LogP) is 2.00. The zero-order valence-electron chi connectivity index (χ0n) is 4.82. The number of rotatable bonds is 1. The Morgan fingerprint density at radius 3 is 2.00 bits per heavy atom. The second kappa shape index (κ2) is 1.46. The fourth-order valence-electron chi connectivity index (χ4n) is 0.871. The van der Waals surface area contributed by atoms with Gasteiger partial charge in [0.2, 0.25) is 0 Å². The number of halogens is 1. The Balaban J connectivity index is 2.20. The van der Waals surface area contributed by atoms with E-state index in [1.54, 1.807) is 0 Å². The van der Waals surface area contributed by atoms with Crippen LogP contribution in [0.3, 0.4) is 0 Å². The topological polar surface area (TPSA) is 0 Å². The summed E-state index contributed by atoms with van der Waals surface area (Å²) in [5.74, 6) is 0.968. The molecule has 1 heteroatoms. The minimum absolute atomic E-state index is 0.403. The van der Waals surface area contributed by atoms with Gasteiger partial charge in [-0.25, -0.2) is 4.39 Å². The Labute approximate surface area is 43.7 Å². The highest BCUT2D eigenvalue weighted by Gasteiger charge is 2.39. The van der Waals surface area contributed by atoms with Crippen molar-refractivity contribution in [1.82, 2.24) is 0 Å². The van der Waals surface area contributed by atoms with Gasteiger partial charge in [-0.3, -0.25) is 0 Å². The van der Waals surface area contributed by atoms with E-state index >= 15 is 0 Å². The first kappa shape index (κ1) is 5.07. The van der Waals surface area contributed by atoms with E-state index in [4.69, 9.17) is 0 Å². The van der Waals surface area contributed by atoms with Crippen LogP contribution in [-0.2, 0) is 0 Å². The van der Waals surface area contributed by atoms with Crippen LogP contribution in [0.1, 0.15) is 20.3 Å². The van der Waals surface area contributed by atoms with Crippen LogP contribution in [0.25, 0.3) is 0 Å². The zero-order valence-corrected chi connectivity index (χ0v) is 4.82. The molecule has 0 amide bonds. The zero-order chi connectivity index (χ0) is 5.44. The van der Waals surface area contributed by atoms with Gasteiger partial charge in [-0.15, -0.1) is 0 Å². The van der Waals surface area contributed by atoms with Crippen LogP contribution in [0.4, 0.5) is 4.39 Å². The van der Waals surface area contributed by atoms with Gasteiger partial charge in [-0.1, -0.05) is 13.8 Å². The van der Waals surface area contributed by atoms with Crippen LogP contribution < -0.4 is 0 Å². The molecule has 0 spiro atoms. The minimum Gasteiger partial charge on any atom is -0.247 e. The summed E-state index contributed by atoms with van der Waals surface area (Å²) in [7, 11) is 0. The van der Waals surface area contributed by atoms with Crippen molar-refractivity contribution in [3.05, 3.63) is 0 Å². The van der Waals surface area contributed by atoms with Crippen LogP contribution in [0, 0.1) is 11.8 Å². The Morgan fingerprint density at radius 1 is 1.57 bits per heavy atom. The number of hydrogen-bond acceptors (Lipinski definition) is 0. The summed E-state index contributed by atoms with van der Waals surface area (Å²) in [5, 5.41) is 0. The molecular formula is C6H11F. The van der Waals surface area contributed by atoms with E-state index in [-0.39, 0.29) is 0 Å². The average molecular weight is 102 g/mol. The van der Waals surface area contributed by atoms with Crippen molar-refractivity contribution in [2.24, 2.45) is 11.8 Å². The highest BCUT2D eigenvalue weighted by molar-refractivity contribution is 4.87. The second-order valence-corrected chi connectivity index (χ2v) is 2.66. The van der Waals surface area contributed by atoms with E-state index in [0.29, 0.717) is 11.8 Å². The molecule has 0 N–H and O–H groups in total. The molecule has 1 aliphatic rings. The van der Waals surface area contributed by atoms with E-state index in [2.05, 4.69) is 13.8 Å². The van der Waals surface area contributed by atoms with Crippen LogP contribution in [-0.4, -0.2) is 6.17 Å².